The maximum atomic E-state index is 12.2. The standard InChI is InChI=1S/C21H26N2O2.ClH/c1-15-10-11-17(22)14-19(15)21(24)23-12-5-13-25-20-9-4-7-16-6-2-3-8-18(16)20;/h2-3,6,8,10-11,14,20H,4-5,7,9,12-13,22H2,1H3,(H,23,24);1H. The van der Waals surface area contributed by atoms with Gasteiger partial charge in [-0.2, -0.15) is 0 Å². The fourth-order valence-electron chi connectivity index (χ4n) is 3.36. The number of carbonyl (C=O) groups excluding carboxylic acids is 1. The number of nitrogens with one attached hydrogen (secondary N) is 1. The van der Waals surface area contributed by atoms with E-state index < -0.39 is 0 Å². The van der Waals surface area contributed by atoms with Gasteiger partial charge in [0.25, 0.3) is 5.91 Å². The van der Waals surface area contributed by atoms with E-state index in [4.69, 9.17) is 10.5 Å². The molecule has 0 saturated heterocycles. The highest BCUT2D eigenvalue weighted by Gasteiger charge is 2.19. The number of amides is 1. The Bertz CT molecular complexity index is 749. The van der Waals surface area contributed by atoms with E-state index in [2.05, 4.69) is 29.6 Å². The number of nitrogens with two attached hydrogens (primary N) is 1. The Hall–Kier alpha value is -2.04. The van der Waals surface area contributed by atoms with Gasteiger partial charge in [0.05, 0.1) is 6.10 Å². The lowest BCUT2D eigenvalue weighted by Crippen LogP contribution is -2.26. The Balaban J connectivity index is 0.00000243. The summed E-state index contributed by atoms with van der Waals surface area (Å²) in [7, 11) is 0. The molecule has 1 aliphatic carbocycles. The molecule has 0 fully saturated rings. The number of hydrogen-bond acceptors (Lipinski definition) is 3. The molecule has 1 atom stereocenters. The van der Waals surface area contributed by atoms with Gasteiger partial charge in [0.2, 0.25) is 0 Å². The van der Waals surface area contributed by atoms with Crippen LogP contribution < -0.4 is 11.1 Å². The molecule has 0 aliphatic heterocycles. The number of hydrogen-bond donors (Lipinski definition) is 2. The van der Waals surface area contributed by atoms with Crippen LogP contribution in [0.3, 0.4) is 0 Å². The first kappa shape index (κ1) is 20.3. The van der Waals surface area contributed by atoms with E-state index in [0.717, 1.165) is 24.8 Å². The monoisotopic (exact) mass is 374 g/mol. The second kappa shape index (κ2) is 9.60. The van der Waals surface area contributed by atoms with Crippen molar-refractivity contribution in [3.05, 3.63) is 64.7 Å². The van der Waals surface area contributed by atoms with Gasteiger partial charge in [-0.1, -0.05) is 30.3 Å². The normalized spacial score (nSPS) is 15.7. The number of carbonyl (C=O) groups is 1. The zero-order chi connectivity index (χ0) is 17.6. The maximum absolute atomic E-state index is 12.2. The molecule has 0 bridgehead atoms. The zero-order valence-electron chi connectivity index (χ0n) is 15.2. The predicted octanol–water partition coefficient (Wildman–Crippen LogP) is 4.21. The van der Waals surface area contributed by atoms with Crippen molar-refractivity contribution >= 4 is 24.0 Å². The molecule has 5 heteroatoms. The summed E-state index contributed by atoms with van der Waals surface area (Å²) in [5.74, 6) is -0.0761. The number of halogens is 1. The first-order valence-corrected chi connectivity index (χ1v) is 8.99. The van der Waals surface area contributed by atoms with E-state index in [1.54, 1.807) is 6.07 Å². The molecular weight excluding hydrogens is 348 g/mol. The summed E-state index contributed by atoms with van der Waals surface area (Å²) in [6.07, 6.45) is 4.38. The van der Waals surface area contributed by atoms with Gasteiger partial charge in [-0.3, -0.25) is 4.79 Å². The lowest BCUT2D eigenvalue weighted by atomic mass is 9.89. The number of ether oxygens (including phenoxy) is 1. The Morgan fingerprint density at radius 1 is 1.27 bits per heavy atom. The quantitative estimate of drug-likeness (QED) is 0.588. The van der Waals surface area contributed by atoms with Gasteiger partial charge >= 0.3 is 0 Å². The number of aryl methyl sites for hydroxylation is 2. The molecule has 2 aromatic rings. The van der Waals surface area contributed by atoms with E-state index in [9.17, 15) is 4.79 Å². The minimum atomic E-state index is -0.0761. The van der Waals surface area contributed by atoms with E-state index in [0.29, 0.717) is 24.4 Å². The third-order valence-corrected chi connectivity index (χ3v) is 4.75. The van der Waals surface area contributed by atoms with Crippen LogP contribution in [0.15, 0.2) is 42.5 Å². The third-order valence-electron chi connectivity index (χ3n) is 4.75. The molecule has 0 heterocycles. The fourth-order valence-corrected chi connectivity index (χ4v) is 3.36. The van der Waals surface area contributed by atoms with Crippen LogP contribution in [0.5, 0.6) is 0 Å². The number of fused-ring (bicyclic) bond motifs is 1. The highest BCUT2D eigenvalue weighted by atomic mass is 35.5. The largest absolute Gasteiger partial charge is 0.399 e. The van der Waals surface area contributed by atoms with Crippen molar-refractivity contribution < 1.29 is 9.53 Å². The molecule has 140 valence electrons. The van der Waals surface area contributed by atoms with Gasteiger partial charge in [-0.05, 0) is 61.4 Å². The number of benzene rings is 2. The van der Waals surface area contributed by atoms with Crippen molar-refractivity contribution in [2.75, 3.05) is 18.9 Å². The maximum Gasteiger partial charge on any atom is 0.251 e. The lowest BCUT2D eigenvalue weighted by molar-refractivity contribution is 0.0393. The molecule has 1 amide bonds. The summed E-state index contributed by atoms with van der Waals surface area (Å²) in [6.45, 7) is 3.16. The lowest BCUT2D eigenvalue weighted by Gasteiger charge is -2.25. The molecular formula is C21H27ClN2O2. The summed E-state index contributed by atoms with van der Waals surface area (Å²) in [5.41, 5.74) is 10.7. The molecule has 0 radical (unpaired) electrons. The van der Waals surface area contributed by atoms with Crippen LogP contribution in [0.1, 0.15) is 52.4 Å². The van der Waals surface area contributed by atoms with Gasteiger partial charge in [0, 0.05) is 24.4 Å². The Labute approximate surface area is 161 Å². The third kappa shape index (κ3) is 4.99. The smallest absolute Gasteiger partial charge is 0.251 e. The van der Waals surface area contributed by atoms with Crippen molar-refractivity contribution in [1.82, 2.24) is 5.32 Å². The van der Waals surface area contributed by atoms with Crippen molar-refractivity contribution in [2.24, 2.45) is 0 Å². The van der Waals surface area contributed by atoms with Crippen LogP contribution in [0.2, 0.25) is 0 Å². The van der Waals surface area contributed by atoms with Crippen LogP contribution in [-0.4, -0.2) is 19.1 Å². The summed E-state index contributed by atoms with van der Waals surface area (Å²) in [5, 5.41) is 2.95. The van der Waals surface area contributed by atoms with E-state index in [1.807, 2.05) is 19.1 Å². The number of nitrogen functional groups attached to an aromatic ring is 1. The molecule has 0 spiro atoms. The van der Waals surface area contributed by atoms with Crippen LogP contribution in [0, 0.1) is 6.92 Å². The summed E-state index contributed by atoms with van der Waals surface area (Å²) in [6, 6.07) is 13.9. The molecule has 26 heavy (non-hydrogen) atoms. The Kier molecular flexibility index (Phi) is 7.49. The molecule has 4 nitrogen and oxygen atoms in total. The first-order chi connectivity index (χ1) is 12.1. The second-order valence-corrected chi connectivity index (χ2v) is 6.63. The Morgan fingerprint density at radius 2 is 2.08 bits per heavy atom. The molecule has 3 rings (SSSR count). The van der Waals surface area contributed by atoms with Gasteiger partial charge in [-0.25, -0.2) is 0 Å². The van der Waals surface area contributed by atoms with Crippen molar-refractivity contribution in [3.8, 4) is 0 Å². The van der Waals surface area contributed by atoms with Gasteiger partial charge in [0.1, 0.15) is 0 Å². The first-order valence-electron chi connectivity index (χ1n) is 8.99. The van der Waals surface area contributed by atoms with E-state index in [-0.39, 0.29) is 24.4 Å². The van der Waals surface area contributed by atoms with E-state index in [1.165, 1.54) is 17.5 Å². The van der Waals surface area contributed by atoms with Crippen LogP contribution in [0.4, 0.5) is 5.69 Å². The summed E-state index contributed by atoms with van der Waals surface area (Å²) in [4.78, 5) is 12.2. The van der Waals surface area contributed by atoms with Gasteiger partial charge < -0.3 is 15.8 Å². The number of anilines is 1. The van der Waals surface area contributed by atoms with Crippen LogP contribution in [0.25, 0.3) is 0 Å². The highest BCUT2D eigenvalue weighted by molar-refractivity contribution is 5.96. The fraction of sp³-hybridized carbons (Fsp3) is 0.381. The molecule has 2 aromatic carbocycles. The van der Waals surface area contributed by atoms with Crippen molar-refractivity contribution in [2.45, 2.75) is 38.7 Å². The minimum Gasteiger partial charge on any atom is -0.399 e. The molecule has 1 aliphatic rings. The number of rotatable bonds is 6. The molecule has 1 unspecified atom stereocenters. The average Bonchev–Trinajstić information content (AvgIpc) is 2.63. The van der Waals surface area contributed by atoms with E-state index >= 15 is 0 Å². The molecule has 0 saturated carbocycles. The minimum absolute atomic E-state index is 0. The molecule has 3 N–H and O–H groups in total. The second-order valence-electron chi connectivity index (χ2n) is 6.63. The van der Waals surface area contributed by atoms with Crippen molar-refractivity contribution in [1.29, 1.82) is 0 Å². The average molecular weight is 375 g/mol. The van der Waals surface area contributed by atoms with Crippen molar-refractivity contribution in [3.63, 3.8) is 0 Å². The predicted molar refractivity (Wildman–Crippen MR) is 108 cm³/mol. The van der Waals surface area contributed by atoms with Gasteiger partial charge in [0.15, 0.2) is 0 Å². The van der Waals surface area contributed by atoms with Crippen LogP contribution >= 0.6 is 12.4 Å². The zero-order valence-corrected chi connectivity index (χ0v) is 16.0. The summed E-state index contributed by atoms with van der Waals surface area (Å²) >= 11 is 0. The molecule has 0 aromatic heterocycles. The topological polar surface area (TPSA) is 64.4 Å². The summed E-state index contributed by atoms with van der Waals surface area (Å²) < 4.78 is 6.07. The van der Waals surface area contributed by atoms with Gasteiger partial charge in [-0.15, -0.1) is 12.4 Å². The highest BCUT2D eigenvalue weighted by Crippen LogP contribution is 2.32. The van der Waals surface area contributed by atoms with Crippen LogP contribution in [-0.2, 0) is 11.2 Å². The SMILES string of the molecule is Cc1ccc(N)cc1C(=O)NCCCOC1CCCc2ccccc21.Cl. The Morgan fingerprint density at radius 3 is 2.92 bits per heavy atom.